The van der Waals surface area contributed by atoms with Crippen molar-refractivity contribution in [3.63, 3.8) is 0 Å². The van der Waals surface area contributed by atoms with Crippen molar-refractivity contribution < 1.29 is 31.8 Å². The van der Waals surface area contributed by atoms with Crippen LogP contribution in [0.4, 0.5) is 23.2 Å². The Bertz CT molecular complexity index is 909. The third-order valence-electron chi connectivity index (χ3n) is 4.94. The van der Waals surface area contributed by atoms with E-state index in [-0.39, 0.29) is 25.6 Å². The Morgan fingerprint density at radius 2 is 1.66 bits per heavy atom. The highest BCUT2D eigenvalue weighted by atomic mass is 19.2. The molecule has 6 nitrogen and oxygen atoms in total. The van der Waals surface area contributed by atoms with Gasteiger partial charge in [0.25, 0.3) is 17.8 Å². The first-order chi connectivity index (χ1) is 13.9. The number of hydrogen-bond acceptors (Lipinski definition) is 5. The number of anilines is 1. The minimum atomic E-state index is -1.71. The highest BCUT2D eigenvalue weighted by molar-refractivity contribution is 5.82. The van der Waals surface area contributed by atoms with Crippen molar-refractivity contribution >= 4 is 11.6 Å². The number of halogens is 4. The summed E-state index contributed by atoms with van der Waals surface area (Å²) in [6.45, 7) is 0.661. The van der Waals surface area contributed by atoms with Crippen LogP contribution in [-0.2, 0) is 4.79 Å². The molecule has 3 heterocycles. The molecule has 10 heteroatoms. The topological polar surface area (TPSA) is 63.7 Å². The van der Waals surface area contributed by atoms with Crippen LogP contribution in [0.5, 0.6) is 11.5 Å². The summed E-state index contributed by atoms with van der Waals surface area (Å²) in [5.74, 6) is -5.77. The number of fused-ring (bicyclic) bond motifs is 1. The Labute approximate surface area is 163 Å². The first-order valence-corrected chi connectivity index (χ1v) is 9.08. The van der Waals surface area contributed by atoms with Crippen molar-refractivity contribution in [1.29, 1.82) is 0 Å². The van der Waals surface area contributed by atoms with E-state index in [0.29, 0.717) is 24.3 Å². The van der Waals surface area contributed by atoms with Crippen LogP contribution in [0.2, 0.25) is 0 Å². The molecule has 2 aliphatic rings. The number of para-hydroxylation sites is 2. The molecule has 1 amide bonds. The van der Waals surface area contributed by atoms with E-state index >= 15 is 0 Å². The van der Waals surface area contributed by atoms with E-state index < -0.39 is 41.4 Å². The van der Waals surface area contributed by atoms with E-state index in [9.17, 15) is 22.4 Å². The molecular weight excluding hydrogens is 394 g/mol. The van der Waals surface area contributed by atoms with E-state index in [4.69, 9.17) is 9.47 Å². The predicted octanol–water partition coefficient (Wildman–Crippen LogP) is 2.88. The molecule has 2 aliphatic heterocycles. The van der Waals surface area contributed by atoms with Gasteiger partial charge >= 0.3 is 0 Å². The van der Waals surface area contributed by atoms with Crippen molar-refractivity contribution in [2.75, 3.05) is 25.0 Å². The van der Waals surface area contributed by atoms with E-state index in [1.165, 1.54) is 0 Å². The molecule has 1 saturated heterocycles. The Morgan fingerprint density at radius 1 is 1.03 bits per heavy atom. The third-order valence-corrected chi connectivity index (χ3v) is 4.94. The first-order valence-electron chi connectivity index (χ1n) is 9.08. The Morgan fingerprint density at radius 3 is 2.31 bits per heavy atom. The van der Waals surface area contributed by atoms with E-state index in [1.807, 2.05) is 0 Å². The molecule has 1 atom stereocenters. The molecule has 1 fully saturated rings. The molecule has 29 heavy (non-hydrogen) atoms. The van der Waals surface area contributed by atoms with Gasteiger partial charge in [-0.3, -0.25) is 4.79 Å². The highest BCUT2D eigenvalue weighted by Gasteiger charge is 2.33. The quantitative estimate of drug-likeness (QED) is 0.622. The van der Waals surface area contributed by atoms with Gasteiger partial charge in [0.1, 0.15) is 12.3 Å². The number of nitrogens with one attached hydrogen (secondary N) is 1. The second-order valence-corrected chi connectivity index (χ2v) is 6.80. The molecule has 1 aromatic heterocycles. The van der Waals surface area contributed by atoms with Crippen LogP contribution in [-0.4, -0.2) is 47.6 Å². The third kappa shape index (κ3) is 3.79. The summed E-state index contributed by atoms with van der Waals surface area (Å²) in [7, 11) is 0. The number of amides is 1. The molecule has 0 bridgehead atoms. The smallest absolute Gasteiger partial charge is 0.267 e. The number of likely N-dealkylation sites (tertiary alicyclic amines) is 1. The van der Waals surface area contributed by atoms with Gasteiger partial charge in [0, 0.05) is 19.1 Å². The van der Waals surface area contributed by atoms with E-state index in [2.05, 4.69) is 10.3 Å². The van der Waals surface area contributed by atoms with Crippen LogP contribution in [0, 0.1) is 23.5 Å². The molecule has 0 aliphatic carbocycles. The molecule has 1 aromatic carbocycles. The average Bonchev–Trinajstić information content (AvgIpc) is 2.75. The standard InChI is InChI=1S/C19H17F4N3O3/c20-14-16(15(21)18(23)25-17(14)22)24-10-5-7-26(8-6-10)19(27)13-9-28-11-3-1-2-4-12(11)29-13/h1-4,10,13H,5-9H2,(H,24,25). The molecular formula is C19H17F4N3O3. The SMILES string of the molecule is O=C(C1COc2ccccc2O1)N1CCC(Nc2c(F)c(F)nc(F)c2F)CC1. The molecule has 4 rings (SSSR count). The lowest BCUT2D eigenvalue weighted by Crippen LogP contribution is -2.50. The fraction of sp³-hybridized carbons (Fsp3) is 0.368. The van der Waals surface area contributed by atoms with Gasteiger partial charge in [0.05, 0.1) is 0 Å². The maximum Gasteiger partial charge on any atom is 0.267 e. The number of aromatic nitrogens is 1. The fourth-order valence-electron chi connectivity index (χ4n) is 3.41. The zero-order valence-corrected chi connectivity index (χ0v) is 15.1. The van der Waals surface area contributed by atoms with Crippen molar-refractivity contribution in [2.45, 2.75) is 25.0 Å². The number of nitrogens with zero attached hydrogens (tertiary/aromatic N) is 2. The monoisotopic (exact) mass is 411 g/mol. The summed E-state index contributed by atoms with van der Waals surface area (Å²) in [5, 5.41) is 2.49. The van der Waals surface area contributed by atoms with Gasteiger partial charge in [0.15, 0.2) is 11.5 Å². The highest BCUT2D eigenvalue weighted by Crippen LogP contribution is 2.32. The van der Waals surface area contributed by atoms with Gasteiger partial charge in [-0.2, -0.15) is 22.5 Å². The van der Waals surface area contributed by atoms with Crippen LogP contribution in [0.3, 0.4) is 0 Å². The summed E-state index contributed by atoms with van der Waals surface area (Å²) in [5.41, 5.74) is -0.889. The van der Waals surface area contributed by atoms with Gasteiger partial charge in [-0.15, -0.1) is 0 Å². The summed E-state index contributed by atoms with van der Waals surface area (Å²) >= 11 is 0. The lowest BCUT2D eigenvalue weighted by Gasteiger charge is -2.36. The number of benzene rings is 1. The number of piperidine rings is 1. The molecule has 1 N–H and O–H groups in total. The van der Waals surface area contributed by atoms with Crippen LogP contribution < -0.4 is 14.8 Å². The zero-order valence-electron chi connectivity index (χ0n) is 15.1. The number of rotatable bonds is 3. The van der Waals surface area contributed by atoms with Crippen LogP contribution >= 0.6 is 0 Å². The lowest BCUT2D eigenvalue weighted by molar-refractivity contribution is -0.142. The van der Waals surface area contributed by atoms with Gasteiger partial charge in [0.2, 0.25) is 17.7 Å². The summed E-state index contributed by atoms with van der Waals surface area (Å²) in [4.78, 5) is 16.8. The molecule has 0 spiro atoms. The first kappa shape index (κ1) is 19.3. The van der Waals surface area contributed by atoms with Crippen molar-refractivity contribution in [3.8, 4) is 11.5 Å². The average molecular weight is 411 g/mol. The number of hydrogen-bond donors (Lipinski definition) is 1. The van der Waals surface area contributed by atoms with Gasteiger partial charge in [-0.1, -0.05) is 12.1 Å². The predicted molar refractivity (Wildman–Crippen MR) is 93.6 cm³/mol. The molecule has 154 valence electrons. The molecule has 0 saturated carbocycles. The second kappa shape index (κ2) is 7.76. The number of carbonyl (C=O) groups excluding carboxylic acids is 1. The minimum absolute atomic E-state index is 0.0833. The molecule has 0 radical (unpaired) electrons. The Balaban J connectivity index is 1.36. The van der Waals surface area contributed by atoms with E-state index in [0.717, 1.165) is 0 Å². The number of ether oxygens (including phenoxy) is 2. The van der Waals surface area contributed by atoms with Crippen LogP contribution in [0.25, 0.3) is 0 Å². The van der Waals surface area contributed by atoms with Gasteiger partial charge < -0.3 is 19.7 Å². The van der Waals surface area contributed by atoms with Gasteiger partial charge in [-0.05, 0) is 25.0 Å². The maximum absolute atomic E-state index is 13.8. The largest absolute Gasteiger partial charge is 0.485 e. The Hall–Kier alpha value is -3.04. The minimum Gasteiger partial charge on any atom is -0.485 e. The maximum atomic E-state index is 13.8. The van der Waals surface area contributed by atoms with E-state index in [1.54, 1.807) is 29.2 Å². The summed E-state index contributed by atoms with van der Waals surface area (Å²) in [6.07, 6.45) is -0.117. The molecule has 2 aromatic rings. The Kier molecular flexibility index (Phi) is 5.16. The van der Waals surface area contributed by atoms with Crippen LogP contribution in [0.15, 0.2) is 24.3 Å². The summed E-state index contributed by atoms with van der Waals surface area (Å²) < 4.78 is 65.3. The second-order valence-electron chi connectivity index (χ2n) is 6.80. The number of pyridine rings is 1. The fourth-order valence-corrected chi connectivity index (χ4v) is 3.41. The zero-order chi connectivity index (χ0) is 20.5. The normalized spacial score (nSPS) is 19.2. The number of carbonyl (C=O) groups is 1. The van der Waals surface area contributed by atoms with Crippen molar-refractivity contribution in [3.05, 3.63) is 47.8 Å². The lowest BCUT2D eigenvalue weighted by atomic mass is 10.0. The van der Waals surface area contributed by atoms with Gasteiger partial charge in [-0.25, -0.2) is 0 Å². The summed E-state index contributed by atoms with van der Waals surface area (Å²) in [6, 6.07) is 6.56. The van der Waals surface area contributed by atoms with Crippen molar-refractivity contribution in [1.82, 2.24) is 9.88 Å². The molecule has 1 unspecified atom stereocenters. The van der Waals surface area contributed by atoms with Crippen LogP contribution in [0.1, 0.15) is 12.8 Å². The van der Waals surface area contributed by atoms with Crippen molar-refractivity contribution in [2.24, 2.45) is 0 Å².